The van der Waals surface area contributed by atoms with Crippen LogP contribution in [0.3, 0.4) is 0 Å². The molecule has 0 heterocycles. The Morgan fingerprint density at radius 2 is 1.60 bits per heavy atom. The maximum absolute atomic E-state index is 14.1. The molecule has 0 aromatic heterocycles. The summed E-state index contributed by atoms with van der Waals surface area (Å²) in [4.78, 5) is 28.8. The third kappa shape index (κ3) is 8.35. The minimum atomic E-state index is -4.23. The molecule has 0 saturated heterocycles. The molecule has 3 aromatic carbocycles. The van der Waals surface area contributed by atoms with E-state index in [0.29, 0.717) is 33.0 Å². The maximum atomic E-state index is 14.1. The number of sulfonamides is 1. The molecule has 3 aromatic rings. The molecule has 0 spiro atoms. The van der Waals surface area contributed by atoms with Gasteiger partial charge in [0.15, 0.2) is 0 Å². The summed E-state index contributed by atoms with van der Waals surface area (Å²) in [7, 11) is -4.23. The highest BCUT2D eigenvalue weighted by molar-refractivity contribution is 7.92. The Hall–Kier alpha value is -2.98. The quantitative estimate of drug-likeness (QED) is 0.232. The molecule has 8 nitrogen and oxygen atoms in total. The second-order valence-electron chi connectivity index (χ2n) is 10.3. The topological polar surface area (TPSA) is 96.0 Å². The fourth-order valence-corrected chi connectivity index (χ4v) is 6.81. The third-order valence-electron chi connectivity index (χ3n) is 7.32. The lowest BCUT2D eigenvalue weighted by molar-refractivity contribution is -0.139. The van der Waals surface area contributed by atoms with Gasteiger partial charge in [0.25, 0.3) is 10.0 Å². The van der Waals surface area contributed by atoms with Gasteiger partial charge in [-0.05, 0) is 92.9 Å². The zero-order chi connectivity index (χ0) is 31.1. The molecule has 1 aliphatic carbocycles. The van der Waals surface area contributed by atoms with E-state index in [2.05, 4.69) is 5.32 Å². The van der Waals surface area contributed by atoms with Crippen molar-refractivity contribution in [1.29, 1.82) is 0 Å². The smallest absolute Gasteiger partial charge is 0.264 e. The molecule has 1 aliphatic rings. The molecule has 43 heavy (non-hydrogen) atoms. The average Bonchev–Trinajstić information content (AvgIpc) is 3.50. The van der Waals surface area contributed by atoms with Gasteiger partial charge in [-0.15, -0.1) is 0 Å². The second-order valence-corrected chi connectivity index (χ2v) is 13.4. The fraction of sp³-hybridized carbons (Fsp3) is 0.355. The average molecular weight is 667 g/mol. The predicted molar refractivity (Wildman–Crippen MR) is 170 cm³/mol. The summed E-state index contributed by atoms with van der Waals surface area (Å²) < 4.78 is 34.5. The van der Waals surface area contributed by atoms with E-state index in [1.165, 1.54) is 29.2 Å². The maximum Gasteiger partial charge on any atom is 0.264 e. The molecule has 0 bridgehead atoms. The lowest BCUT2D eigenvalue weighted by Crippen LogP contribution is -2.52. The van der Waals surface area contributed by atoms with Crippen molar-refractivity contribution in [2.45, 2.75) is 63.1 Å². The van der Waals surface area contributed by atoms with Crippen molar-refractivity contribution in [2.75, 3.05) is 17.5 Å². The molecular formula is C31H34Cl3N3O5S. The lowest BCUT2D eigenvalue weighted by Gasteiger charge is -2.32. The second kappa shape index (κ2) is 14.7. The number of anilines is 1. The number of benzene rings is 3. The standard InChI is InChI=1S/C31H34Cl3N3O5S/c1-3-42-26-13-11-25(12-14-26)37(43(40,41)27-15-9-23(32)10-16-27)20-30(38)36(19-22-8-17-28(33)29(34)18-22)21(2)31(39)35-24-6-4-5-7-24/h8-18,21,24H,3-7,19-20H2,1-2H3,(H,35,39)/t21-/m0/s1. The van der Waals surface area contributed by atoms with Crippen LogP contribution in [0.15, 0.2) is 71.6 Å². The number of nitrogens with one attached hydrogen (secondary N) is 1. The highest BCUT2D eigenvalue weighted by atomic mass is 35.5. The SMILES string of the molecule is CCOc1ccc(N(CC(=O)N(Cc2ccc(Cl)c(Cl)c2)[C@@H](C)C(=O)NC2CCCC2)S(=O)(=O)c2ccc(Cl)cc2)cc1. The highest BCUT2D eigenvalue weighted by Crippen LogP contribution is 2.28. The predicted octanol–water partition coefficient (Wildman–Crippen LogP) is 6.72. The van der Waals surface area contributed by atoms with Gasteiger partial charge in [-0.2, -0.15) is 0 Å². The van der Waals surface area contributed by atoms with E-state index in [-0.39, 0.29) is 29.1 Å². The van der Waals surface area contributed by atoms with Gasteiger partial charge in [-0.3, -0.25) is 13.9 Å². The Balaban J connectivity index is 1.70. The molecule has 230 valence electrons. The summed E-state index contributed by atoms with van der Waals surface area (Å²) in [5.74, 6) is -0.333. The van der Waals surface area contributed by atoms with Crippen LogP contribution in [-0.4, -0.2) is 50.4 Å². The highest BCUT2D eigenvalue weighted by Gasteiger charge is 2.33. The Kier molecular flexibility index (Phi) is 11.2. The first-order valence-corrected chi connectivity index (χ1v) is 16.6. The van der Waals surface area contributed by atoms with E-state index < -0.39 is 28.5 Å². The van der Waals surface area contributed by atoms with Gasteiger partial charge in [0, 0.05) is 17.6 Å². The number of halogens is 3. The molecule has 1 fully saturated rings. The van der Waals surface area contributed by atoms with Gasteiger partial charge in [-0.25, -0.2) is 8.42 Å². The van der Waals surface area contributed by atoms with Crippen molar-refractivity contribution in [2.24, 2.45) is 0 Å². The normalized spacial score (nSPS) is 14.3. The molecule has 12 heteroatoms. The molecule has 0 radical (unpaired) electrons. The molecule has 1 N–H and O–H groups in total. The first kappa shape index (κ1) is 32.9. The van der Waals surface area contributed by atoms with Crippen LogP contribution < -0.4 is 14.4 Å². The molecule has 2 amide bonds. The van der Waals surface area contributed by atoms with Crippen LogP contribution in [0, 0.1) is 0 Å². The summed E-state index contributed by atoms with van der Waals surface area (Å²) >= 11 is 18.4. The van der Waals surface area contributed by atoms with Gasteiger partial charge in [-0.1, -0.05) is 53.7 Å². The van der Waals surface area contributed by atoms with E-state index in [9.17, 15) is 18.0 Å². The summed E-state index contributed by atoms with van der Waals surface area (Å²) in [6, 6.07) is 16.2. The zero-order valence-electron chi connectivity index (χ0n) is 23.9. The van der Waals surface area contributed by atoms with Gasteiger partial charge in [0.1, 0.15) is 18.3 Å². The number of hydrogen-bond acceptors (Lipinski definition) is 5. The van der Waals surface area contributed by atoms with Crippen molar-refractivity contribution in [3.63, 3.8) is 0 Å². The Labute approximate surface area is 267 Å². The fourth-order valence-electron chi connectivity index (χ4n) is 4.95. The first-order valence-electron chi connectivity index (χ1n) is 14.0. The van der Waals surface area contributed by atoms with Crippen LogP contribution in [0.1, 0.15) is 45.1 Å². The Bertz CT molecular complexity index is 1530. The molecule has 0 aliphatic heterocycles. The van der Waals surface area contributed by atoms with Crippen LogP contribution in [0.5, 0.6) is 5.75 Å². The monoisotopic (exact) mass is 665 g/mol. The number of carbonyl (C=O) groups excluding carboxylic acids is 2. The molecule has 1 atom stereocenters. The van der Waals surface area contributed by atoms with Crippen LogP contribution in [0.4, 0.5) is 5.69 Å². The van der Waals surface area contributed by atoms with Crippen molar-refractivity contribution in [3.05, 3.63) is 87.4 Å². The minimum Gasteiger partial charge on any atom is -0.494 e. The minimum absolute atomic E-state index is 0.00703. The summed E-state index contributed by atoms with van der Waals surface area (Å²) in [6.45, 7) is 3.36. The summed E-state index contributed by atoms with van der Waals surface area (Å²) in [5, 5.41) is 4.07. The lowest BCUT2D eigenvalue weighted by atomic mass is 10.1. The van der Waals surface area contributed by atoms with Crippen molar-refractivity contribution < 1.29 is 22.7 Å². The van der Waals surface area contributed by atoms with Crippen molar-refractivity contribution in [1.82, 2.24) is 10.2 Å². The van der Waals surface area contributed by atoms with Gasteiger partial charge in [0.05, 0.1) is 27.2 Å². The van der Waals surface area contributed by atoms with E-state index in [4.69, 9.17) is 39.5 Å². The van der Waals surface area contributed by atoms with Crippen LogP contribution >= 0.6 is 34.8 Å². The van der Waals surface area contributed by atoms with E-state index in [0.717, 1.165) is 30.0 Å². The van der Waals surface area contributed by atoms with Gasteiger partial charge < -0.3 is 15.0 Å². The van der Waals surface area contributed by atoms with E-state index in [1.807, 2.05) is 6.92 Å². The number of ether oxygens (including phenoxy) is 1. The number of nitrogens with zero attached hydrogens (tertiary/aromatic N) is 2. The molecule has 1 saturated carbocycles. The van der Waals surface area contributed by atoms with Gasteiger partial charge in [0.2, 0.25) is 11.8 Å². The Morgan fingerprint density at radius 1 is 0.953 bits per heavy atom. The first-order chi connectivity index (χ1) is 20.5. The molecular weight excluding hydrogens is 633 g/mol. The van der Waals surface area contributed by atoms with E-state index >= 15 is 0 Å². The van der Waals surface area contributed by atoms with Crippen molar-refractivity contribution >= 4 is 62.3 Å². The number of carbonyl (C=O) groups is 2. The number of hydrogen-bond donors (Lipinski definition) is 1. The molecule has 0 unspecified atom stereocenters. The Morgan fingerprint density at radius 3 is 2.21 bits per heavy atom. The molecule has 4 rings (SSSR count). The van der Waals surface area contributed by atoms with Crippen LogP contribution in [0.25, 0.3) is 0 Å². The summed E-state index contributed by atoms with van der Waals surface area (Å²) in [6.07, 6.45) is 3.82. The van der Waals surface area contributed by atoms with Gasteiger partial charge >= 0.3 is 0 Å². The van der Waals surface area contributed by atoms with Crippen molar-refractivity contribution in [3.8, 4) is 5.75 Å². The van der Waals surface area contributed by atoms with Crippen LogP contribution in [-0.2, 0) is 26.2 Å². The van der Waals surface area contributed by atoms with Crippen LogP contribution in [0.2, 0.25) is 15.1 Å². The van der Waals surface area contributed by atoms with E-state index in [1.54, 1.807) is 49.4 Å². The largest absolute Gasteiger partial charge is 0.494 e. The summed E-state index contributed by atoms with van der Waals surface area (Å²) in [5.41, 5.74) is 0.890. The third-order valence-corrected chi connectivity index (χ3v) is 10.1. The number of rotatable bonds is 12. The number of amides is 2. The zero-order valence-corrected chi connectivity index (χ0v) is 27.0.